The van der Waals surface area contributed by atoms with Crippen molar-refractivity contribution in [2.45, 2.75) is 222 Å². The van der Waals surface area contributed by atoms with Crippen LogP contribution in [0.15, 0.2) is 163 Å². The molecule has 0 atom stereocenters. The maximum absolute atomic E-state index is 11.7. The third-order valence-corrected chi connectivity index (χ3v) is 17.5. The second-order valence-electron chi connectivity index (χ2n) is 29.8. The molecule has 0 unspecified atom stereocenters. The van der Waals surface area contributed by atoms with Gasteiger partial charge in [-0.3, -0.25) is 29.3 Å². The molecule has 0 amide bonds. The Morgan fingerprint density at radius 2 is 0.686 bits per heavy atom. The van der Waals surface area contributed by atoms with Crippen LogP contribution in [0.4, 0.5) is 0 Å². The third kappa shape index (κ3) is 33.0. The van der Waals surface area contributed by atoms with Gasteiger partial charge in [-0.15, -0.1) is 105 Å². The second-order valence-corrected chi connectivity index (χ2v) is 29.8. The van der Waals surface area contributed by atoms with Gasteiger partial charge in [0.05, 0.1) is 33.8 Å². The van der Waals surface area contributed by atoms with Crippen molar-refractivity contribution >= 4 is 50.1 Å². The number of allylic oxidation sites excluding steroid dienone is 6. The normalized spacial score (nSPS) is 11.5. The molecule has 6 aromatic carbocycles. The number of aryl methyl sites for hydroxylation is 6. The van der Waals surface area contributed by atoms with Crippen molar-refractivity contribution in [2.24, 2.45) is 35.5 Å². The van der Waals surface area contributed by atoms with E-state index in [2.05, 4.69) is 229 Å². The number of aliphatic hydroxyl groups is 3. The number of hydrogen-bond acceptors (Lipinski definition) is 9. The summed E-state index contributed by atoms with van der Waals surface area (Å²) in [7, 11) is 0. The summed E-state index contributed by atoms with van der Waals surface area (Å²) in [6.07, 6.45) is 8.69. The predicted molar refractivity (Wildman–Crippen MR) is 433 cm³/mol. The van der Waals surface area contributed by atoms with Crippen LogP contribution < -0.4 is 0 Å². The second kappa shape index (κ2) is 47.7. The molecule has 9 aromatic rings. The molecule has 3 N–H and O–H groups in total. The van der Waals surface area contributed by atoms with Gasteiger partial charge in [0.1, 0.15) is 0 Å². The van der Waals surface area contributed by atoms with Crippen LogP contribution in [0.3, 0.4) is 0 Å². The molecule has 0 spiro atoms. The van der Waals surface area contributed by atoms with Crippen LogP contribution in [0.5, 0.6) is 0 Å². The number of ketones is 3. The summed E-state index contributed by atoms with van der Waals surface area (Å²) in [6, 6.07) is 55.4. The summed E-state index contributed by atoms with van der Waals surface area (Å²) in [5, 5.41) is 31.9. The van der Waals surface area contributed by atoms with Crippen molar-refractivity contribution in [3.8, 4) is 33.8 Å². The molecule has 12 heteroatoms. The van der Waals surface area contributed by atoms with Crippen LogP contribution in [-0.2, 0) is 74.7 Å². The van der Waals surface area contributed by atoms with Crippen LogP contribution in [0, 0.1) is 95.2 Å². The van der Waals surface area contributed by atoms with Crippen molar-refractivity contribution in [1.82, 2.24) is 15.0 Å². The van der Waals surface area contributed by atoms with E-state index in [0.717, 1.165) is 92.7 Å². The maximum Gasteiger partial charge on any atom is 0.162 e. The zero-order valence-electron chi connectivity index (χ0n) is 67.2. The smallest absolute Gasteiger partial charge is 0.162 e. The Morgan fingerprint density at radius 1 is 0.371 bits per heavy atom. The Bertz CT molecular complexity index is 3910. The van der Waals surface area contributed by atoms with Crippen molar-refractivity contribution in [1.29, 1.82) is 0 Å². The summed E-state index contributed by atoms with van der Waals surface area (Å²) < 4.78 is 0. The average Bonchev–Trinajstić information content (AvgIpc) is 0.816. The van der Waals surface area contributed by atoms with E-state index in [1.54, 1.807) is 0 Å². The maximum atomic E-state index is 11.7. The van der Waals surface area contributed by atoms with Gasteiger partial charge in [-0.2, -0.15) is 0 Å². The molecule has 0 aliphatic rings. The molecule has 0 aliphatic heterocycles. The first kappa shape index (κ1) is 96.1. The van der Waals surface area contributed by atoms with Crippen LogP contribution in [0.2, 0.25) is 0 Å². The number of carbonyl (C=O) groups excluding carboxylic acids is 3. The van der Waals surface area contributed by atoms with Gasteiger partial charge in [0.15, 0.2) is 17.3 Å². The molecule has 9 nitrogen and oxygen atoms in total. The fourth-order valence-electron chi connectivity index (χ4n) is 11.4. The third-order valence-electron chi connectivity index (χ3n) is 17.5. The van der Waals surface area contributed by atoms with Crippen LogP contribution >= 0.6 is 0 Å². The van der Waals surface area contributed by atoms with E-state index < -0.39 is 0 Å². The molecule has 3 radical (unpaired) electrons. The molecule has 573 valence electrons. The molecule has 0 fully saturated rings. The fraction of sp³-hybridized carbons (Fsp3) is 0.419. The van der Waals surface area contributed by atoms with Crippen LogP contribution in [0.25, 0.3) is 66.5 Å². The Hall–Kier alpha value is -6.87. The average molecular weight is 1950 g/mol. The number of aliphatic hydroxyl groups excluding tert-OH is 3. The van der Waals surface area contributed by atoms with Crippen molar-refractivity contribution in [2.75, 3.05) is 0 Å². The molecule has 0 saturated heterocycles. The summed E-state index contributed by atoms with van der Waals surface area (Å²) in [6.45, 7) is 49.2. The minimum absolute atomic E-state index is 0. The van der Waals surface area contributed by atoms with E-state index in [0.29, 0.717) is 42.4 Å². The minimum Gasteiger partial charge on any atom is -0.512 e. The Morgan fingerprint density at radius 3 is 0.952 bits per heavy atom. The van der Waals surface area contributed by atoms with Crippen molar-refractivity contribution < 1.29 is 90.0 Å². The predicted octanol–water partition coefficient (Wildman–Crippen LogP) is 25.6. The van der Waals surface area contributed by atoms with Crippen LogP contribution in [0.1, 0.15) is 231 Å². The molecule has 3 aromatic heterocycles. The van der Waals surface area contributed by atoms with Gasteiger partial charge in [-0.1, -0.05) is 221 Å². The van der Waals surface area contributed by atoms with Gasteiger partial charge in [-0.25, -0.2) is 0 Å². The zero-order valence-corrected chi connectivity index (χ0v) is 74.4. The molecular formula is C93H120Ir3N3O6-3. The number of nitrogens with zero attached hydrogens (tertiary/aromatic N) is 3. The molecular weight excluding hydrogens is 1830 g/mol. The van der Waals surface area contributed by atoms with Crippen molar-refractivity contribution in [3.63, 3.8) is 0 Å². The van der Waals surface area contributed by atoms with E-state index in [1.165, 1.54) is 67.8 Å². The summed E-state index contributed by atoms with van der Waals surface area (Å²) in [4.78, 5) is 48.3. The molecule has 3 heterocycles. The van der Waals surface area contributed by atoms with E-state index >= 15 is 0 Å². The molecule has 105 heavy (non-hydrogen) atoms. The summed E-state index contributed by atoms with van der Waals surface area (Å²) >= 11 is 0. The number of carbonyl (C=O) groups is 3. The van der Waals surface area contributed by atoms with Crippen molar-refractivity contribution in [3.05, 3.63) is 231 Å². The quantitative estimate of drug-likeness (QED) is 0.0363. The summed E-state index contributed by atoms with van der Waals surface area (Å²) in [5.74, 6) is 3.32. The number of benzene rings is 6. The van der Waals surface area contributed by atoms with Gasteiger partial charge in [0, 0.05) is 115 Å². The van der Waals surface area contributed by atoms with Gasteiger partial charge in [-0.05, 0) is 142 Å². The van der Waals surface area contributed by atoms with Gasteiger partial charge < -0.3 is 15.3 Å². The number of pyridine rings is 3. The number of aromatic nitrogens is 3. The van der Waals surface area contributed by atoms with Gasteiger partial charge >= 0.3 is 0 Å². The Balaban J connectivity index is 0.000000637. The van der Waals surface area contributed by atoms with E-state index in [9.17, 15) is 29.7 Å². The Labute approximate surface area is 672 Å². The van der Waals surface area contributed by atoms with E-state index in [1.807, 2.05) is 83.1 Å². The molecule has 0 saturated carbocycles. The number of rotatable bonds is 21. The molecule has 0 bridgehead atoms. The summed E-state index contributed by atoms with van der Waals surface area (Å²) in [5.41, 5.74) is 20.6. The SMILES string of the molecule is CC(C)C(=O)C=C(O)C(C)C.CC(C)CC(=O)C=C(O)CC(C)C.CCC(CC)C(=O)C=C(O)C(CC)CC.Cc1[c-]c(-c2ccc3cc(C(C)C)ccc3n2)cc(C)c1.Cc1[c-]c(-c2ccc3cc(C(C)C)ccc3n2)cc(C)c1.Cc1[c-]c(-c2ccc3cc(C(C)C)ccc3n2)cc(C)c1.[Ir].[Ir].[Ir]. The Kier molecular flexibility index (Phi) is 43.7. The molecule has 0 aliphatic carbocycles. The number of hydrogen-bond donors (Lipinski definition) is 3. The first-order valence-corrected chi connectivity index (χ1v) is 37.1. The first-order valence-electron chi connectivity index (χ1n) is 37.1. The van der Waals surface area contributed by atoms with E-state index in [4.69, 9.17) is 15.0 Å². The fourth-order valence-corrected chi connectivity index (χ4v) is 11.4. The standard InChI is InChI=1S/3C20H20N.C13H24O2.C11H20O2.C9H16O2.3Ir/c3*1-13(2)16-5-7-19-17(12-16)6-8-20(21-19)18-10-14(3)9-15(4)11-18;1-5-10(6-2)12(14)9-13(15)11(7-3)8-4;1-8(2)5-10(12)7-11(13)6-9(3)4;1-6(2)8(10)5-9(11)7(3)4;;;/h3*5-10,12-13H,1-4H3;9-11,14H,5-8H2,1-4H3;7-9,12H,5-6H2,1-4H3;5-7,10H,1-4H3;;;/q3*-1;;;;;;. The first-order chi connectivity index (χ1) is 48.0. The topological polar surface area (TPSA) is 151 Å². The van der Waals surface area contributed by atoms with Gasteiger partial charge in [0.2, 0.25) is 0 Å². The van der Waals surface area contributed by atoms with Crippen LogP contribution in [-0.4, -0.2) is 47.6 Å². The molecule has 9 rings (SSSR count). The zero-order chi connectivity index (χ0) is 76.2. The largest absolute Gasteiger partial charge is 0.512 e. The van der Waals surface area contributed by atoms with Gasteiger partial charge in [0.25, 0.3) is 0 Å². The minimum atomic E-state index is -0.0316. The monoisotopic (exact) mass is 1950 g/mol. The number of fused-ring (bicyclic) bond motifs is 3. The van der Waals surface area contributed by atoms with E-state index in [-0.39, 0.29) is 119 Å².